The van der Waals surface area contributed by atoms with Crippen LogP contribution >= 0.6 is 0 Å². The van der Waals surface area contributed by atoms with E-state index in [1.165, 1.54) is 21.5 Å². The fraction of sp³-hybridized carbons (Fsp3) is 0.176. The van der Waals surface area contributed by atoms with Crippen molar-refractivity contribution < 1.29 is 4.43 Å². The predicted octanol–water partition coefficient (Wildman–Crippen LogP) is 5.21. The third-order valence-corrected chi connectivity index (χ3v) is 4.00. The van der Waals surface area contributed by atoms with Crippen LogP contribution in [0.5, 0.6) is 5.75 Å². The van der Waals surface area contributed by atoms with Gasteiger partial charge in [-0.25, -0.2) is 0 Å². The molecule has 0 spiro atoms. The van der Waals surface area contributed by atoms with Crippen LogP contribution in [0.4, 0.5) is 0 Å². The minimum Gasteiger partial charge on any atom is -0.544 e. The molecular formula is C17H18OSi. The van der Waals surface area contributed by atoms with Gasteiger partial charge in [0.05, 0.1) is 0 Å². The lowest BCUT2D eigenvalue weighted by Gasteiger charge is -2.21. The second kappa shape index (κ2) is 4.39. The summed E-state index contributed by atoms with van der Waals surface area (Å²) in [4.78, 5) is 0. The van der Waals surface area contributed by atoms with Gasteiger partial charge in [0, 0.05) is 5.39 Å². The molecular weight excluding hydrogens is 248 g/mol. The monoisotopic (exact) mass is 266 g/mol. The van der Waals surface area contributed by atoms with E-state index in [1.54, 1.807) is 0 Å². The topological polar surface area (TPSA) is 9.23 Å². The fourth-order valence-electron chi connectivity index (χ4n) is 2.43. The van der Waals surface area contributed by atoms with E-state index < -0.39 is 8.32 Å². The molecule has 0 aromatic heterocycles. The van der Waals surface area contributed by atoms with Crippen molar-refractivity contribution in [3.05, 3.63) is 54.6 Å². The van der Waals surface area contributed by atoms with Gasteiger partial charge in [-0.15, -0.1) is 0 Å². The maximum atomic E-state index is 6.20. The minimum absolute atomic E-state index is 1.02. The Kier molecular flexibility index (Phi) is 2.83. The van der Waals surface area contributed by atoms with E-state index >= 15 is 0 Å². The molecule has 0 bridgehead atoms. The summed E-state index contributed by atoms with van der Waals surface area (Å²) < 4.78 is 6.20. The molecule has 0 saturated heterocycles. The summed E-state index contributed by atoms with van der Waals surface area (Å²) in [5, 5.41) is 5.05. The summed E-state index contributed by atoms with van der Waals surface area (Å²) in [5.74, 6) is 1.02. The van der Waals surface area contributed by atoms with Gasteiger partial charge in [-0.1, -0.05) is 48.5 Å². The highest BCUT2D eigenvalue weighted by Crippen LogP contribution is 2.32. The summed E-state index contributed by atoms with van der Waals surface area (Å²) in [6.45, 7) is 6.65. The molecule has 0 fully saturated rings. The lowest BCUT2D eigenvalue weighted by Crippen LogP contribution is -2.29. The standard InChI is InChI=1S/C17H18OSi/c1-19(2,3)18-17-10-6-9-15-14-8-5-4-7-13(14)11-12-16(15)17/h4-12H,1-3H3. The second-order valence-corrected chi connectivity index (χ2v) is 10.3. The zero-order valence-corrected chi connectivity index (χ0v) is 12.6. The minimum atomic E-state index is -1.58. The smallest absolute Gasteiger partial charge is 0.242 e. The molecule has 19 heavy (non-hydrogen) atoms. The third kappa shape index (κ3) is 2.36. The van der Waals surface area contributed by atoms with Gasteiger partial charge in [-0.3, -0.25) is 0 Å². The molecule has 0 radical (unpaired) electrons. The third-order valence-electron chi connectivity index (χ3n) is 3.16. The Balaban J connectivity index is 2.29. The Labute approximate surface area is 115 Å². The zero-order chi connectivity index (χ0) is 13.5. The van der Waals surface area contributed by atoms with E-state index in [9.17, 15) is 0 Å². The van der Waals surface area contributed by atoms with Gasteiger partial charge in [0.1, 0.15) is 5.75 Å². The molecule has 1 nitrogen and oxygen atoms in total. The summed E-state index contributed by atoms with van der Waals surface area (Å²) in [7, 11) is -1.58. The Hall–Kier alpha value is -1.80. The van der Waals surface area contributed by atoms with E-state index in [4.69, 9.17) is 4.43 Å². The normalized spacial score (nSPS) is 11.9. The molecule has 0 atom stereocenters. The van der Waals surface area contributed by atoms with Gasteiger partial charge < -0.3 is 4.43 Å². The van der Waals surface area contributed by atoms with Crippen LogP contribution in [-0.2, 0) is 0 Å². The molecule has 0 heterocycles. The maximum Gasteiger partial charge on any atom is 0.242 e. The average Bonchev–Trinajstić information content (AvgIpc) is 2.37. The van der Waals surface area contributed by atoms with Crippen LogP contribution in [0, 0.1) is 0 Å². The largest absolute Gasteiger partial charge is 0.544 e. The highest BCUT2D eigenvalue weighted by molar-refractivity contribution is 6.70. The van der Waals surface area contributed by atoms with Crippen molar-refractivity contribution in [2.75, 3.05) is 0 Å². The van der Waals surface area contributed by atoms with Gasteiger partial charge in [0.25, 0.3) is 0 Å². The van der Waals surface area contributed by atoms with E-state index in [0.717, 1.165) is 5.75 Å². The molecule has 0 aliphatic carbocycles. The van der Waals surface area contributed by atoms with Crippen molar-refractivity contribution in [3.8, 4) is 5.75 Å². The van der Waals surface area contributed by atoms with Crippen LogP contribution in [-0.4, -0.2) is 8.32 Å². The second-order valence-electron chi connectivity index (χ2n) is 5.85. The van der Waals surface area contributed by atoms with Crippen LogP contribution in [0.25, 0.3) is 21.5 Å². The molecule has 0 aliphatic rings. The first-order valence-corrected chi connectivity index (χ1v) is 10.0. The van der Waals surface area contributed by atoms with Crippen LogP contribution in [0.1, 0.15) is 0 Å². The lowest BCUT2D eigenvalue weighted by atomic mass is 10.0. The first-order chi connectivity index (χ1) is 9.04. The average molecular weight is 266 g/mol. The van der Waals surface area contributed by atoms with Crippen LogP contribution in [0.3, 0.4) is 0 Å². The van der Waals surface area contributed by atoms with Crippen molar-refractivity contribution in [3.63, 3.8) is 0 Å². The van der Waals surface area contributed by atoms with Crippen molar-refractivity contribution in [2.45, 2.75) is 19.6 Å². The number of benzene rings is 3. The number of rotatable bonds is 2. The van der Waals surface area contributed by atoms with Crippen LogP contribution in [0.15, 0.2) is 54.6 Å². The number of hydrogen-bond acceptors (Lipinski definition) is 1. The van der Waals surface area contributed by atoms with E-state index in [-0.39, 0.29) is 0 Å². The maximum absolute atomic E-state index is 6.20. The highest BCUT2D eigenvalue weighted by atomic mass is 28.4. The van der Waals surface area contributed by atoms with Crippen molar-refractivity contribution in [1.82, 2.24) is 0 Å². The van der Waals surface area contributed by atoms with E-state index in [1.807, 2.05) is 0 Å². The van der Waals surface area contributed by atoms with Gasteiger partial charge in [-0.2, -0.15) is 0 Å². The predicted molar refractivity (Wildman–Crippen MR) is 85.4 cm³/mol. The molecule has 3 rings (SSSR count). The van der Waals surface area contributed by atoms with Crippen molar-refractivity contribution in [2.24, 2.45) is 0 Å². The highest BCUT2D eigenvalue weighted by Gasteiger charge is 2.17. The Morgan fingerprint density at radius 2 is 1.42 bits per heavy atom. The molecule has 0 N–H and O–H groups in total. The number of hydrogen-bond donors (Lipinski definition) is 0. The Bertz CT molecular complexity index is 741. The Morgan fingerprint density at radius 3 is 2.21 bits per heavy atom. The first kappa shape index (κ1) is 12.2. The molecule has 2 heteroatoms. The summed E-state index contributed by atoms with van der Waals surface area (Å²) in [6, 6.07) is 19.2. The van der Waals surface area contributed by atoms with E-state index in [2.05, 4.69) is 74.2 Å². The van der Waals surface area contributed by atoms with Crippen molar-refractivity contribution >= 4 is 29.9 Å². The zero-order valence-electron chi connectivity index (χ0n) is 11.6. The first-order valence-electron chi connectivity index (χ1n) is 6.64. The molecule has 0 amide bonds. The Morgan fingerprint density at radius 1 is 0.684 bits per heavy atom. The molecule has 0 saturated carbocycles. The summed E-state index contributed by atoms with van der Waals surface area (Å²) in [5.41, 5.74) is 0. The van der Waals surface area contributed by atoms with Gasteiger partial charge in [-0.05, 0) is 41.9 Å². The number of fused-ring (bicyclic) bond motifs is 3. The van der Waals surface area contributed by atoms with E-state index in [0.29, 0.717) is 0 Å². The molecule has 0 unspecified atom stereocenters. The fourth-order valence-corrected chi connectivity index (χ4v) is 3.27. The van der Waals surface area contributed by atoms with Crippen LogP contribution in [0.2, 0.25) is 19.6 Å². The molecule has 0 aliphatic heterocycles. The molecule has 3 aromatic carbocycles. The van der Waals surface area contributed by atoms with Gasteiger partial charge >= 0.3 is 0 Å². The summed E-state index contributed by atoms with van der Waals surface area (Å²) >= 11 is 0. The summed E-state index contributed by atoms with van der Waals surface area (Å²) in [6.07, 6.45) is 0. The lowest BCUT2D eigenvalue weighted by molar-refractivity contribution is 0.564. The molecule has 96 valence electrons. The van der Waals surface area contributed by atoms with Crippen molar-refractivity contribution in [1.29, 1.82) is 0 Å². The van der Waals surface area contributed by atoms with Gasteiger partial charge in [0.2, 0.25) is 8.32 Å². The van der Waals surface area contributed by atoms with Crippen LogP contribution < -0.4 is 4.43 Å². The quantitative estimate of drug-likeness (QED) is 0.457. The van der Waals surface area contributed by atoms with Gasteiger partial charge in [0.15, 0.2) is 0 Å². The SMILES string of the molecule is C[Si](C)(C)Oc1cccc2c1ccc1ccccc12. The molecule has 3 aromatic rings.